The number of benzene rings is 3. The van der Waals surface area contributed by atoms with Crippen molar-refractivity contribution in [3.8, 4) is 0 Å². The molecule has 0 spiro atoms. The van der Waals surface area contributed by atoms with Gasteiger partial charge in [0.15, 0.2) is 0 Å². The third-order valence-electron chi connectivity index (χ3n) is 5.32. The minimum absolute atomic E-state index is 0.0133. The molecule has 33 heavy (non-hydrogen) atoms. The summed E-state index contributed by atoms with van der Waals surface area (Å²) in [6.07, 6.45) is 1.24. The molecule has 4 aromatic rings. The first kappa shape index (κ1) is 22.8. The van der Waals surface area contributed by atoms with Crippen LogP contribution in [0.5, 0.6) is 0 Å². The number of nitrogens with one attached hydrogen (secondary N) is 1. The number of pyridine rings is 1. The third-order valence-corrected chi connectivity index (χ3v) is 7.49. The monoisotopic (exact) mass is 480 g/mol. The molecule has 0 bridgehead atoms. The maximum Gasteiger partial charge on any atom is 0.244 e. The molecule has 0 atom stereocenters. The summed E-state index contributed by atoms with van der Waals surface area (Å²) in [5.74, 6) is -0.386. The van der Waals surface area contributed by atoms with Crippen molar-refractivity contribution in [1.29, 1.82) is 0 Å². The first-order chi connectivity index (χ1) is 15.7. The van der Waals surface area contributed by atoms with E-state index in [1.54, 1.807) is 54.6 Å². The lowest BCUT2D eigenvalue weighted by Crippen LogP contribution is -2.24. The average molecular weight is 481 g/mol. The maximum atomic E-state index is 13.3. The van der Waals surface area contributed by atoms with Crippen LogP contribution in [0.4, 0.5) is 5.69 Å². The van der Waals surface area contributed by atoms with Crippen LogP contribution in [0, 0.1) is 13.8 Å². The molecule has 0 unspecified atom stereocenters. The van der Waals surface area contributed by atoms with E-state index in [1.165, 1.54) is 22.9 Å². The highest BCUT2D eigenvalue weighted by Crippen LogP contribution is 2.23. The number of anilines is 1. The van der Waals surface area contributed by atoms with Gasteiger partial charge >= 0.3 is 0 Å². The zero-order chi connectivity index (χ0) is 23.8. The van der Waals surface area contributed by atoms with Crippen LogP contribution in [0.25, 0.3) is 10.9 Å². The predicted octanol–water partition coefficient (Wildman–Crippen LogP) is 4.74. The number of aromatic nitrogens is 1. The number of fused-ring (bicyclic) bond motifs is 1. The molecule has 0 aliphatic heterocycles. The average Bonchev–Trinajstić information content (AvgIpc) is 2.78. The second-order valence-corrected chi connectivity index (χ2v) is 10.1. The van der Waals surface area contributed by atoms with Crippen molar-refractivity contribution >= 4 is 43.9 Å². The molecule has 0 aliphatic carbocycles. The van der Waals surface area contributed by atoms with Crippen LogP contribution in [-0.2, 0) is 21.2 Å². The van der Waals surface area contributed by atoms with Crippen LogP contribution in [0.1, 0.15) is 11.1 Å². The number of carbonyl (C=O) groups is 1. The molecule has 6 nitrogen and oxygen atoms in total. The molecule has 1 amide bonds. The van der Waals surface area contributed by atoms with E-state index in [2.05, 4.69) is 5.32 Å². The Morgan fingerprint density at radius 3 is 2.42 bits per heavy atom. The second-order valence-electron chi connectivity index (χ2n) is 7.80. The smallest absolute Gasteiger partial charge is 0.244 e. The van der Waals surface area contributed by atoms with E-state index in [0.29, 0.717) is 16.2 Å². The lowest BCUT2D eigenvalue weighted by molar-refractivity contribution is -0.116. The third kappa shape index (κ3) is 4.55. The van der Waals surface area contributed by atoms with Crippen molar-refractivity contribution in [3.63, 3.8) is 0 Å². The molecule has 8 heteroatoms. The number of aryl methyl sites for hydroxylation is 2. The number of sulfone groups is 1. The van der Waals surface area contributed by atoms with Gasteiger partial charge in [0.05, 0.1) is 10.4 Å². The molecule has 4 rings (SSSR count). The summed E-state index contributed by atoms with van der Waals surface area (Å²) in [5.41, 5.74) is 2.08. The Labute approximate surface area is 196 Å². The Bertz CT molecular complexity index is 1540. The molecule has 0 aliphatic rings. The van der Waals surface area contributed by atoms with Crippen molar-refractivity contribution in [2.45, 2.75) is 30.2 Å². The molecular formula is C25H21ClN2O4S. The van der Waals surface area contributed by atoms with E-state index in [9.17, 15) is 18.0 Å². The van der Waals surface area contributed by atoms with Crippen molar-refractivity contribution in [1.82, 2.24) is 4.57 Å². The lowest BCUT2D eigenvalue weighted by atomic mass is 10.1. The zero-order valence-corrected chi connectivity index (χ0v) is 19.6. The van der Waals surface area contributed by atoms with Gasteiger partial charge in [-0.3, -0.25) is 9.59 Å². The molecule has 3 aromatic carbocycles. The summed E-state index contributed by atoms with van der Waals surface area (Å²) in [6, 6.07) is 18.1. The van der Waals surface area contributed by atoms with Crippen LogP contribution in [0.15, 0.2) is 87.5 Å². The van der Waals surface area contributed by atoms with Gasteiger partial charge in [-0.05, 0) is 55.8 Å². The SMILES string of the molecule is Cc1ccc2c(c1)c(=O)c(S(=O)(=O)c1ccccc1)cn2CC(=O)Nc1ccc(C)c(Cl)c1. The summed E-state index contributed by atoms with van der Waals surface area (Å²) in [5, 5.41) is 3.52. The molecule has 0 saturated heterocycles. The van der Waals surface area contributed by atoms with Gasteiger partial charge in [-0.25, -0.2) is 8.42 Å². The molecule has 0 radical (unpaired) electrons. The quantitative estimate of drug-likeness (QED) is 0.447. The first-order valence-electron chi connectivity index (χ1n) is 10.2. The largest absolute Gasteiger partial charge is 0.336 e. The molecular weight excluding hydrogens is 460 g/mol. The van der Waals surface area contributed by atoms with Crippen molar-refractivity contribution < 1.29 is 13.2 Å². The Morgan fingerprint density at radius 1 is 1.00 bits per heavy atom. The molecule has 0 fully saturated rings. The van der Waals surface area contributed by atoms with Gasteiger partial charge in [0.2, 0.25) is 21.2 Å². The first-order valence-corrected chi connectivity index (χ1v) is 12.0. The minimum Gasteiger partial charge on any atom is -0.336 e. The van der Waals surface area contributed by atoms with Crippen LogP contribution in [0.3, 0.4) is 0 Å². The zero-order valence-electron chi connectivity index (χ0n) is 18.0. The van der Waals surface area contributed by atoms with Gasteiger partial charge in [-0.2, -0.15) is 0 Å². The fraction of sp³-hybridized carbons (Fsp3) is 0.120. The summed E-state index contributed by atoms with van der Waals surface area (Å²) in [4.78, 5) is 25.6. The fourth-order valence-corrected chi connectivity index (χ4v) is 5.13. The van der Waals surface area contributed by atoms with E-state index in [1.807, 2.05) is 13.8 Å². The topological polar surface area (TPSA) is 85.2 Å². The predicted molar refractivity (Wildman–Crippen MR) is 130 cm³/mol. The van der Waals surface area contributed by atoms with Gasteiger partial charge in [-0.15, -0.1) is 0 Å². The van der Waals surface area contributed by atoms with E-state index in [-0.39, 0.29) is 27.6 Å². The number of amides is 1. The number of carbonyl (C=O) groups excluding carboxylic acids is 1. The Kier molecular flexibility index (Phi) is 6.10. The molecule has 1 heterocycles. The normalized spacial score (nSPS) is 11.5. The summed E-state index contributed by atoms with van der Waals surface area (Å²) < 4.78 is 28.0. The summed E-state index contributed by atoms with van der Waals surface area (Å²) >= 11 is 6.14. The van der Waals surface area contributed by atoms with Crippen LogP contribution in [-0.4, -0.2) is 18.9 Å². The van der Waals surface area contributed by atoms with Crippen molar-refractivity contribution in [2.75, 3.05) is 5.32 Å². The lowest BCUT2D eigenvalue weighted by Gasteiger charge is -2.15. The van der Waals surface area contributed by atoms with E-state index < -0.39 is 15.3 Å². The Hall–Kier alpha value is -3.42. The van der Waals surface area contributed by atoms with Gasteiger partial charge in [0.1, 0.15) is 11.4 Å². The van der Waals surface area contributed by atoms with Crippen molar-refractivity contribution in [3.05, 3.63) is 99.3 Å². The van der Waals surface area contributed by atoms with Gasteiger partial charge in [-0.1, -0.05) is 47.5 Å². The number of rotatable bonds is 5. The molecule has 1 N–H and O–H groups in total. The Morgan fingerprint density at radius 2 is 1.73 bits per heavy atom. The summed E-state index contributed by atoms with van der Waals surface area (Å²) in [6.45, 7) is 3.48. The number of halogens is 1. The second kappa shape index (κ2) is 8.84. The van der Waals surface area contributed by atoms with Crippen LogP contribution in [0.2, 0.25) is 5.02 Å². The van der Waals surface area contributed by atoms with E-state index >= 15 is 0 Å². The van der Waals surface area contributed by atoms with Crippen LogP contribution >= 0.6 is 11.6 Å². The fourth-order valence-electron chi connectivity index (χ4n) is 3.56. The van der Waals surface area contributed by atoms with Gasteiger partial charge in [0, 0.05) is 22.3 Å². The standard InChI is InChI=1S/C25H21ClN2O4S/c1-16-8-11-22-20(12-16)25(30)23(33(31,32)19-6-4-3-5-7-19)14-28(22)15-24(29)27-18-10-9-17(2)21(26)13-18/h3-14H,15H2,1-2H3,(H,27,29). The highest BCUT2D eigenvalue weighted by Gasteiger charge is 2.24. The maximum absolute atomic E-state index is 13.3. The Balaban J connectivity index is 1.81. The van der Waals surface area contributed by atoms with Gasteiger partial charge < -0.3 is 9.88 Å². The highest BCUT2D eigenvalue weighted by atomic mass is 35.5. The van der Waals surface area contributed by atoms with Crippen molar-refractivity contribution in [2.24, 2.45) is 0 Å². The molecule has 1 aromatic heterocycles. The van der Waals surface area contributed by atoms with Gasteiger partial charge in [0.25, 0.3) is 0 Å². The van der Waals surface area contributed by atoms with E-state index in [0.717, 1.165) is 11.1 Å². The minimum atomic E-state index is -4.08. The van der Waals surface area contributed by atoms with E-state index in [4.69, 9.17) is 11.6 Å². The molecule has 0 saturated carbocycles. The number of hydrogen-bond donors (Lipinski definition) is 1. The number of hydrogen-bond acceptors (Lipinski definition) is 4. The number of nitrogens with zero attached hydrogens (tertiary/aromatic N) is 1. The summed E-state index contributed by atoms with van der Waals surface area (Å²) in [7, 11) is -4.08. The molecule has 168 valence electrons. The highest BCUT2D eigenvalue weighted by molar-refractivity contribution is 7.91. The van der Waals surface area contributed by atoms with Crippen LogP contribution < -0.4 is 10.7 Å².